The quantitative estimate of drug-likeness (QED) is 0.398. The summed E-state index contributed by atoms with van der Waals surface area (Å²) in [5.41, 5.74) is 1.53. The van der Waals surface area contributed by atoms with E-state index in [1.54, 1.807) is 11.6 Å². The first kappa shape index (κ1) is 21.9. The van der Waals surface area contributed by atoms with Crippen LogP contribution in [0.1, 0.15) is 11.1 Å². The van der Waals surface area contributed by atoms with Crippen LogP contribution >= 0.6 is 11.8 Å². The standard InChI is InChI=1S/C23H24N4O4S/c1-15-8-6-7-11-18(15)31-13-17(28)12-27-19-20(26(2)22(30)25-21(19)29)24-23(27)32-14-16-9-4-3-5-10-16/h3-11,17,28H,12-14H2,1-2H3,(H,25,29,30). The summed E-state index contributed by atoms with van der Waals surface area (Å²) < 4.78 is 8.73. The number of ether oxygens (including phenoxy) is 1. The van der Waals surface area contributed by atoms with Gasteiger partial charge in [-0.15, -0.1) is 0 Å². The summed E-state index contributed by atoms with van der Waals surface area (Å²) in [7, 11) is 1.56. The average Bonchev–Trinajstić information content (AvgIpc) is 3.15. The highest BCUT2D eigenvalue weighted by Gasteiger charge is 2.20. The minimum absolute atomic E-state index is 0.0526. The van der Waals surface area contributed by atoms with Crippen molar-refractivity contribution < 1.29 is 9.84 Å². The highest BCUT2D eigenvalue weighted by atomic mass is 32.2. The molecule has 4 aromatic rings. The minimum atomic E-state index is -0.889. The minimum Gasteiger partial charge on any atom is -0.491 e. The number of benzene rings is 2. The summed E-state index contributed by atoms with van der Waals surface area (Å²) in [6.45, 7) is 2.08. The van der Waals surface area contributed by atoms with Gasteiger partial charge in [0.05, 0.1) is 6.54 Å². The predicted octanol–water partition coefficient (Wildman–Crippen LogP) is 2.46. The summed E-state index contributed by atoms with van der Waals surface area (Å²) in [6, 6.07) is 17.4. The summed E-state index contributed by atoms with van der Waals surface area (Å²) in [5.74, 6) is 1.33. The molecule has 2 heterocycles. The van der Waals surface area contributed by atoms with E-state index in [0.29, 0.717) is 16.7 Å². The molecule has 4 rings (SSSR count). The topological polar surface area (TPSA) is 102 Å². The summed E-state index contributed by atoms with van der Waals surface area (Å²) in [5, 5.41) is 11.2. The molecule has 0 aliphatic rings. The van der Waals surface area contributed by atoms with E-state index in [4.69, 9.17) is 4.74 Å². The van der Waals surface area contributed by atoms with Gasteiger partial charge >= 0.3 is 5.69 Å². The molecule has 1 atom stereocenters. The molecule has 0 radical (unpaired) electrons. The van der Waals surface area contributed by atoms with Gasteiger partial charge in [0.15, 0.2) is 16.3 Å². The van der Waals surface area contributed by atoms with E-state index in [1.165, 1.54) is 16.3 Å². The number of hydrogen-bond donors (Lipinski definition) is 2. The second-order valence-corrected chi connectivity index (χ2v) is 8.44. The van der Waals surface area contributed by atoms with Crippen LogP contribution in [0.3, 0.4) is 0 Å². The monoisotopic (exact) mass is 452 g/mol. The van der Waals surface area contributed by atoms with Crippen LogP contribution in [0.15, 0.2) is 69.3 Å². The Morgan fingerprint density at radius 1 is 1.12 bits per heavy atom. The average molecular weight is 453 g/mol. The first-order chi connectivity index (χ1) is 15.4. The maximum absolute atomic E-state index is 12.6. The predicted molar refractivity (Wildman–Crippen MR) is 124 cm³/mol. The Bertz CT molecular complexity index is 1340. The number of imidazole rings is 1. The number of para-hydroxylation sites is 1. The van der Waals surface area contributed by atoms with E-state index in [1.807, 2.05) is 61.5 Å². The largest absolute Gasteiger partial charge is 0.491 e. The van der Waals surface area contributed by atoms with Gasteiger partial charge in [0.1, 0.15) is 18.5 Å². The highest BCUT2D eigenvalue weighted by Crippen LogP contribution is 2.25. The third kappa shape index (κ3) is 4.63. The van der Waals surface area contributed by atoms with Crippen molar-refractivity contribution in [3.8, 4) is 5.75 Å². The molecule has 0 saturated carbocycles. The molecule has 32 heavy (non-hydrogen) atoms. The molecule has 0 amide bonds. The van der Waals surface area contributed by atoms with Crippen molar-refractivity contribution in [2.45, 2.75) is 30.5 Å². The van der Waals surface area contributed by atoms with Gasteiger partial charge in [-0.3, -0.25) is 14.3 Å². The molecule has 2 aromatic carbocycles. The Kier molecular flexibility index (Phi) is 6.48. The molecule has 0 fully saturated rings. The lowest BCUT2D eigenvalue weighted by Crippen LogP contribution is -2.30. The van der Waals surface area contributed by atoms with E-state index in [2.05, 4.69) is 9.97 Å². The molecular formula is C23H24N4O4S. The van der Waals surface area contributed by atoms with E-state index >= 15 is 0 Å². The van der Waals surface area contributed by atoms with Crippen LogP contribution in [-0.2, 0) is 19.3 Å². The lowest BCUT2D eigenvalue weighted by Gasteiger charge is -2.16. The number of nitrogens with zero attached hydrogens (tertiary/aromatic N) is 3. The number of aliphatic hydroxyl groups excluding tert-OH is 1. The van der Waals surface area contributed by atoms with Gasteiger partial charge in [0, 0.05) is 12.8 Å². The van der Waals surface area contributed by atoms with Crippen molar-refractivity contribution in [3.05, 3.63) is 86.6 Å². The van der Waals surface area contributed by atoms with Crippen molar-refractivity contribution in [2.75, 3.05) is 6.61 Å². The highest BCUT2D eigenvalue weighted by molar-refractivity contribution is 7.98. The Labute approximate surface area is 188 Å². The zero-order valence-electron chi connectivity index (χ0n) is 17.8. The smallest absolute Gasteiger partial charge is 0.329 e. The van der Waals surface area contributed by atoms with Gasteiger partial charge in [-0.05, 0) is 24.1 Å². The molecule has 166 valence electrons. The molecule has 0 bridgehead atoms. The van der Waals surface area contributed by atoms with Gasteiger partial charge < -0.3 is 14.4 Å². The molecule has 0 aliphatic carbocycles. The van der Waals surface area contributed by atoms with Crippen molar-refractivity contribution in [2.24, 2.45) is 7.05 Å². The molecule has 1 unspecified atom stereocenters. The molecule has 0 saturated heterocycles. The fourth-order valence-corrected chi connectivity index (χ4v) is 4.34. The second kappa shape index (κ2) is 9.46. The normalized spacial score (nSPS) is 12.2. The number of rotatable bonds is 8. The number of aromatic nitrogens is 4. The third-order valence-corrected chi connectivity index (χ3v) is 6.15. The molecule has 8 nitrogen and oxygen atoms in total. The lowest BCUT2D eigenvalue weighted by molar-refractivity contribution is 0.0910. The van der Waals surface area contributed by atoms with Gasteiger partial charge in [-0.2, -0.15) is 0 Å². The van der Waals surface area contributed by atoms with E-state index in [0.717, 1.165) is 11.1 Å². The Hall–Kier alpha value is -3.30. The molecule has 2 aromatic heterocycles. The Morgan fingerprint density at radius 2 is 1.84 bits per heavy atom. The van der Waals surface area contributed by atoms with Crippen LogP contribution in [0.5, 0.6) is 5.75 Å². The Morgan fingerprint density at radius 3 is 2.59 bits per heavy atom. The van der Waals surface area contributed by atoms with E-state index in [-0.39, 0.29) is 24.3 Å². The van der Waals surface area contributed by atoms with Crippen LogP contribution in [0.25, 0.3) is 11.2 Å². The molecule has 0 spiro atoms. The van der Waals surface area contributed by atoms with Crippen molar-refractivity contribution in [3.63, 3.8) is 0 Å². The summed E-state index contributed by atoms with van der Waals surface area (Å²) >= 11 is 1.44. The second-order valence-electron chi connectivity index (χ2n) is 7.50. The third-order valence-electron chi connectivity index (χ3n) is 5.10. The first-order valence-corrected chi connectivity index (χ1v) is 11.2. The molecular weight excluding hydrogens is 428 g/mol. The van der Waals surface area contributed by atoms with Crippen LogP contribution in [-0.4, -0.2) is 36.9 Å². The van der Waals surface area contributed by atoms with Crippen molar-refractivity contribution >= 4 is 22.9 Å². The van der Waals surface area contributed by atoms with Crippen LogP contribution in [0.4, 0.5) is 0 Å². The fraction of sp³-hybridized carbons (Fsp3) is 0.261. The number of thioether (sulfide) groups is 1. The number of fused-ring (bicyclic) bond motifs is 1. The number of nitrogens with one attached hydrogen (secondary N) is 1. The Balaban J connectivity index is 1.63. The SMILES string of the molecule is Cc1ccccc1OCC(O)Cn1c(SCc2ccccc2)nc2c1c(=O)[nH]c(=O)n2C. The van der Waals surface area contributed by atoms with Crippen LogP contribution in [0, 0.1) is 6.92 Å². The van der Waals surface area contributed by atoms with Crippen molar-refractivity contribution in [1.29, 1.82) is 0 Å². The summed E-state index contributed by atoms with van der Waals surface area (Å²) in [6.07, 6.45) is -0.889. The van der Waals surface area contributed by atoms with Crippen molar-refractivity contribution in [1.82, 2.24) is 19.1 Å². The number of aliphatic hydroxyl groups is 1. The zero-order valence-corrected chi connectivity index (χ0v) is 18.6. The number of aromatic amines is 1. The summed E-state index contributed by atoms with van der Waals surface area (Å²) in [4.78, 5) is 31.5. The number of H-pyrrole nitrogens is 1. The maximum Gasteiger partial charge on any atom is 0.329 e. The number of aryl methyl sites for hydroxylation is 2. The van der Waals surface area contributed by atoms with Gasteiger partial charge in [0.2, 0.25) is 0 Å². The lowest BCUT2D eigenvalue weighted by atomic mass is 10.2. The molecule has 0 aliphatic heterocycles. The van der Waals surface area contributed by atoms with E-state index in [9.17, 15) is 14.7 Å². The molecule has 9 heteroatoms. The first-order valence-electron chi connectivity index (χ1n) is 10.2. The van der Waals surface area contributed by atoms with Gasteiger partial charge in [0.25, 0.3) is 5.56 Å². The fourth-order valence-electron chi connectivity index (χ4n) is 3.38. The number of hydrogen-bond acceptors (Lipinski definition) is 6. The van der Waals surface area contributed by atoms with Gasteiger partial charge in [-0.25, -0.2) is 9.78 Å². The van der Waals surface area contributed by atoms with Gasteiger partial charge in [-0.1, -0.05) is 60.3 Å². The van der Waals surface area contributed by atoms with E-state index < -0.39 is 17.4 Å². The van der Waals surface area contributed by atoms with Crippen LogP contribution in [0.2, 0.25) is 0 Å². The zero-order chi connectivity index (χ0) is 22.7. The molecule has 2 N–H and O–H groups in total. The van der Waals surface area contributed by atoms with Crippen LogP contribution < -0.4 is 16.0 Å². The maximum atomic E-state index is 12.6.